The predicted molar refractivity (Wildman–Crippen MR) is 96.5 cm³/mol. The fraction of sp³-hybridized carbons (Fsp3) is 0.368. The van der Waals surface area contributed by atoms with Crippen molar-refractivity contribution in [3.05, 3.63) is 53.0 Å². The van der Waals surface area contributed by atoms with Crippen molar-refractivity contribution in [1.82, 2.24) is 9.88 Å². The number of amides is 1. The van der Waals surface area contributed by atoms with Gasteiger partial charge in [0, 0.05) is 30.0 Å². The number of ether oxygens (including phenoxy) is 2. The Morgan fingerprint density at radius 1 is 1.40 bits per heavy atom. The van der Waals surface area contributed by atoms with Crippen molar-refractivity contribution in [3.63, 3.8) is 0 Å². The Labute approximate surface area is 150 Å². The summed E-state index contributed by atoms with van der Waals surface area (Å²) < 4.78 is 12.0. The number of likely N-dealkylation sites (tertiary alicyclic amines) is 1. The van der Waals surface area contributed by atoms with Crippen molar-refractivity contribution in [3.8, 4) is 5.75 Å². The Hall–Kier alpha value is -2.18. The van der Waals surface area contributed by atoms with Crippen molar-refractivity contribution < 1.29 is 14.3 Å². The lowest BCUT2D eigenvalue weighted by molar-refractivity contribution is -0.190. The van der Waals surface area contributed by atoms with Crippen molar-refractivity contribution in [2.75, 3.05) is 19.7 Å². The third-order valence-electron chi connectivity index (χ3n) is 4.59. The molecular formula is C19H20N2O3S. The molecule has 2 fully saturated rings. The zero-order valence-electron chi connectivity index (χ0n) is 13.8. The molecule has 0 bridgehead atoms. The monoisotopic (exact) mass is 356 g/mol. The maximum Gasteiger partial charge on any atom is 0.246 e. The summed E-state index contributed by atoms with van der Waals surface area (Å²) in [6.07, 6.45) is 8.75. The van der Waals surface area contributed by atoms with Gasteiger partial charge in [-0.05, 0) is 29.7 Å². The molecule has 0 aromatic carbocycles. The number of carbonyl (C=O) groups is 1. The van der Waals surface area contributed by atoms with Crippen molar-refractivity contribution in [1.29, 1.82) is 0 Å². The standard InChI is InChI=1S/C19H20N2O3S/c22-18(6-5-17-4-2-10-25-17)21-13-19(14-21)11-15(7-9-23-19)24-16-3-1-8-20-12-16/h1-6,8,10,12,15H,7,9,11,13-14H2/b6-5+/t15-/m1/s1. The molecular weight excluding hydrogens is 336 g/mol. The van der Waals surface area contributed by atoms with E-state index in [1.165, 1.54) is 0 Å². The van der Waals surface area contributed by atoms with Gasteiger partial charge in [0.2, 0.25) is 5.91 Å². The van der Waals surface area contributed by atoms with Gasteiger partial charge in [0.05, 0.1) is 25.9 Å². The van der Waals surface area contributed by atoms with E-state index >= 15 is 0 Å². The van der Waals surface area contributed by atoms with Crippen LogP contribution >= 0.6 is 11.3 Å². The number of carbonyl (C=O) groups excluding carboxylic acids is 1. The summed E-state index contributed by atoms with van der Waals surface area (Å²) in [7, 11) is 0. The lowest BCUT2D eigenvalue weighted by atomic mass is 9.84. The summed E-state index contributed by atoms with van der Waals surface area (Å²) in [5.41, 5.74) is -0.252. The van der Waals surface area contributed by atoms with Crippen molar-refractivity contribution in [2.45, 2.75) is 24.5 Å². The summed E-state index contributed by atoms with van der Waals surface area (Å²) >= 11 is 1.62. The molecule has 2 aromatic rings. The molecule has 1 amide bonds. The number of thiophene rings is 1. The first kappa shape index (κ1) is 16.3. The Kier molecular flexibility index (Phi) is 4.55. The molecule has 0 aliphatic carbocycles. The van der Waals surface area contributed by atoms with Crippen LogP contribution in [-0.2, 0) is 9.53 Å². The molecule has 2 aromatic heterocycles. The van der Waals surface area contributed by atoms with E-state index in [4.69, 9.17) is 9.47 Å². The minimum absolute atomic E-state index is 0.0397. The maximum atomic E-state index is 12.3. The Morgan fingerprint density at radius 3 is 3.08 bits per heavy atom. The average molecular weight is 356 g/mol. The minimum atomic E-state index is -0.252. The van der Waals surface area contributed by atoms with E-state index in [2.05, 4.69) is 4.98 Å². The van der Waals surface area contributed by atoms with Gasteiger partial charge >= 0.3 is 0 Å². The third-order valence-corrected chi connectivity index (χ3v) is 5.43. The third kappa shape index (κ3) is 3.75. The smallest absolute Gasteiger partial charge is 0.246 e. The van der Waals surface area contributed by atoms with Gasteiger partial charge in [0.1, 0.15) is 17.5 Å². The molecule has 4 rings (SSSR count). The summed E-state index contributed by atoms with van der Waals surface area (Å²) in [5, 5.41) is 2.00. The van der Waals surface area contributed by atoms with Crippen LogP contribution in [0, 0.1) is 0 Å². The predicted octanol–water partition coefficient (Wildman–Crippen LogP) is 3.00. The average Bonchev–Trinajstić information content (AvgIpc) is 3.12. The first-order valence-electron chi connectivity index (χ1n) is 8.44. The Morgan fingerprint density at radius 2 is 2.32 bits per heavy atom. The van der Waals surface area contributed by atoms with E-state index in [0.29, 0.717) is 19.7 Å². The number of hydrogen-bond acceptors (Lipinski definition) is 5. The van der Waals surface area contributed by atoms with E-state index in [1.807, 2.05) is 40.6 Å². The van der Waals surface area contributed by atoms with Gasteiger partial charge in [-0.15, -0.1) is 11.3 Å². The molecule has 1 atom stereocenters. The second-order valence-corrected chi connectivity index (χ2v) is 7.48. The van der Waals surface area contributed by atoms with Crippen LogP contribution in [0.15, 0.2) is 48.1 Å². The summed E-state index contributed by atoms with van der Waals surface area (Å²) in [6.45, 7) is 1.93. The minimum Gasteiger partial charge on any atom is -0.489 e. The van der Waals surface area contributed by atoms with Crippen LogP contribution in [0.3, 0.4) is 0 Å². The zero-order chi connectivity index (χ0) is 17.1. The summed E-state index contributed by atoms with van der Waals surface area (Å²) in [4.78, 5) is 19.3. The number of pyridine rings is 1. The second kappa shape index (κ2) is 6.98. The highest BCUT2D eigenvalue weighted by molar-refractivity contribution is 7.10. The zero-order valence-corrected chi connectivity index (χ0v) is 14.7. The molecule has 0 unspecified atom stereocenters. The van der Waals surface area contributed by atoms with Crippen LogP contribution in [0.25, 0.3) is 6.08 Å². The lowest BCUT2D eigenvalue weighted by Gasteiger charge is -2.52. The molecule has 0 radical (unpaired) electrons. The van der Waals surface area contributed by atoms with Crippen molar-refractivity contribution >= 4 is 23.3 Å². The Balaban J connectivity index is 1.31. The Bertz CT molecular complexity index is 739. The van der Waals surface area contributed by atoms with Gasteiger partial charge in [-0.3, -0.25) is 9.78 Å². The van der Waals surface area contributed by atoms with Crippen LogP contribution in [0.1, 0.15) is 17.7 Å². The van der Waals surface area contributed by atoms with Gasteiger partial charge in [-0.1, -0.05) is 6.07 Å². The van der Waals surface area contributed by atoms with Gasteiger partial charge in [0.25, 0.3) is 0 Å². The summed E-state index contributed by atoms with van der Waals surface area (Å²) in [5.74, 6) is 0.827. The highest BCUT2D eigenvalue weighted by Gasteiger charge is 2.49. The van der Waals surface area contributed by atoms with Crippen LogP contribution in [0.4, 0.5) is 0 Å². The molecule has 25 heavy (non-hydrogen) atoms. The fourth-order valence-corrected chi connectivity index (χ4v) is 3.98. The van der Waals surface area contributed by atoms with Gasteiger partial charge in [0.15, 0.2) is 0 Å². The molecule has 5 nitrogen and oxygen atoms in total. The van der Waals surface area contributed by atoms with E-state index in [-0.39, 0.29) is 17.6 Å². The van der Waals surface area contributed by atoms with E-state index in [0.717, 1.165) is 23.5 Å². The van der Waals surface area contributed by atoms with Crippen molar-refractivity contribution in [2.24, 2.45) is 0 Å². The molecule has 1 spiro atoms. The lowest BCUT2D eigenvalue weighted by Crippen LogP contribution is -2.67. The first-order chi connectivity index (χ1) is 12.2. The van der Waals surface area contributed by atoms with E-state index in [1.54, 1.807) is 29.8 Å². The van der Waals surface area contributed by atoms with Crippen LogP contribution in [0.2, 0.25) is 0 Å². The molecule has 0 N–H and O–H groups in total. The molecule has 130 valence electrons. The number of hydrogen-bond donors (Lipinski definition) is 0. The highest BCUT2D eigenvalue weighted by atomic mass is 32.1. The van der Waals surface area contributed by atoms with Gasteiger partial charge in [-0.25, -0.2) is 0 Å². The molecule has 2 aliphatic heterocycles. The van der Waals surface area contributed by atoms with Gasteiger partial charge in [-0.2, -0.15) is 0 Å². The molecule has 2 saturated heterocycles. The maximum absolute atomic E-state index is 12.3. The number of rotatable bonds is 4. The SMILES string of the molecule is O=C(/C=C/c1cccs1)N1CC2(C[C@H](Oc3cccnc3)CCO2)C1. The van der Waals surface area contributed by atoms with Crippen LogP contribution in [0.5, 0.6) is 5.75 Å². The topological polar surface area (TPSA) is 51.7 Å². The largest absolute Gasteiger partial charge is 0.489 e. The normalized spacial score (nSPS) is 22.1. The highest BCUT2D eigenvalue weighted by Crippen LogP contribution is 2.35. The van der Waals surface area contributed by atoms with Gasteiger partial charge < -0.3 is 14.4 Å². The first-order valence-corrected chi connectivity index (χ1v) is 9.32. The molecule has 2 aliphatic rings. The number of aromatic nitrogens is 1. The second-order valence-electron chi connectivity index (χ2n) is 6.50. The summed E-state index contributed by atoms with van der Waals surface area (Å²) in [6, 6.07) is 7.76. The van der Waals surface area contributed by atoms with Crippen LogP contribution in [-0.4, -0.2) is 47.2 Å². The van der Waals surface area contributed by atoms with Crippen LogP contribution < -0.4 is 4.74 Å². The molecule has 6 heteroatoms. The molecule has 0 saturated carbocycles. The van der Waals surface area contributed by atoms with E-state index < -0.39 is 0 Å². The number of nitrogens with zero attached hydrogens (tertiary/aromatic N) is 2. The van der Waals surface area contributed by atoms with E-state index in [9.17, 15) is 4.79 Å². The molecule has 4 heterocycles. The fourth-order valence-electron chi connectivity index (χ4n) is 3.36. The quantitative estimate of drug-likeness (QED) is 0.791.